The SMILES string of the molecule is CN(C(=O)OC(C)(C)C)C1=N[C@@H]2[C@H](F)[C@H](OCc3ccccc3)[C@@H](C=O)O[C@@H]2S1. The summed E-state index contributed by atoms with van der Waals surface area (Å²) >= 11 is 1.09. The number of carbonyl (C=O) groups is 2. The number of fused-ring (bicyclic) bond motifs is 1. The molecule has 0 saturated carbocycles. The van der Waals surface area contributed by atoms with Crippen LogP contribution < -0.4 is 0 Å². The fourth-order valence-electron chi connectivity index (χ4n) is 2.97. The Morgan fingerprint density at radius 3 is 2.66 bits per heavy atom. The predicted octanol–water partition coefficient (Wildman–Crippen LogP) is 3.17. The van der Waals surface area contributed by atoms with E-state index in [1.165, 1.54) is 11.9 Å². The van der Waals surface area contributed by atoms with Gasteiger partial charge in [-0.3, -0.25) is 9.89 Å². The average Bonchev–Trinajstić information content (AvgIpc) is 3.10. The van der Waals surface area contributed by atoms with Crippen LogP contribution in [-0.2, 0) is 25.6 Å². The molecule has 1 amide bonds. The van der Waals surface area contributed by atoms with Crippen LogP contribution in [0.25, 0.3) is 0 Å². The summed E-state index contributed by atoms with van der Waals surface area (Å²) in [5.41, 5.74) is -0.516. The Balaban J connectivity index is 1.70. The smallest absolute Gasteiger partial charge is 0.416 e. The highest BCUT2D eigenvalue weighted by Gasteiger charge is 2.51. The number of ether oxygens (including phenoxy) is 3. The van der Waals surface area contributed by atoms with Gasteiger partial charge >= 0.3 is 6.09 Å². The van der Waals surface area contributed by atoms with E-state index in [1.807, 2.05) is 30.3 Å². The first-order valence-electron chi connectivity index (χ1n) is 9.31. The molecule has 158 valence electrons. The summed E-state index contributed by atoms with van der Waals surface area (Å²) in [6, 6.07) is 8.41. The van der Waals surface area contributed by atoms with Gasteiger partial charge in [-0.05, 0) is 26.3 Å². The zero-order valence-electron chi connectivity index (χ0n) is 16.8. The molecule has 0 aliphatic carbocycles. The van der Waals surface area contributed by atoms with Gasteiger partial charge in [0.05, 0.1) is 6.61 Å². The molecular weight excluding hydrogens is 399 g/mol. The van der Waals surface area contributed by atoms with Gasteiger partial charge in [0.1, 0.15) is 29.3 Å². The van der Waals surface area contributed by atoms with Crippen molar-refractivity contribution in [2.75, 3.05) is 7.05 Å². The molecule has 2 heterocycles. The van der Waals surface area contributed by atoms with Crippen LogP contribution in [0.15, 0.2) is 35.3 Å². The Labute approximate surface area is 173 Å². The summed E-state index contributed by atoms with van der Waals surface area (Å²) in [5, 5.41) is 0.283. The lowest BCUT2D eigenvalue weighted by Crippen LogP contribution is -2.54. The number of amides is 1. The number of alkyl halides is 1. The quantitative estimate of drug-likeness (QED) is 0.691. The number of aliphatic imine (C=N–C) groups is 1. The maximum absolute atomic E-state index is 15.2. The lowest BCUT2D eigenvalue weighted by molar-refractivity contribution is -0.164. The molecule has 7 nitrogen and oxygen atoms in total. The zero-order chi connectivity index (χ0) is 21.2. The van der Waals surface area contributed by atoms with Crippen molar-refractivity contribution in [3.8, 4) is 0 Å². The molecule has 1 fully saturated rings. The molecule has 2 aliphatic heterocycles. The molecule has 0 N–H and O–H groups in total. The van der Waals surface area contributed by atoms with Crippen LogP contribution in [-0.4, -0.2) is 65.0 Å². The molecule has 3 rings (SSSR count). The standard InChI is InChI=1S/C20H25FN2O5S/c1-20(2,3)28-19(25)23(4)18-22-15-14(21)16(13(10-24)27-17(15)29-18)26-11-12-8-6-5-7-9-12/h5-10,13-17H,11H2,1-4H3/t13-,14+,15-,16-,17-/m1/s1. The molecule has 2 aliphatic rings. The van der Waals surface area contributed by atoms with Crippen LogP contribution in [0.3, 0.4) is 0 Å². The molecule has 9 heteroatoms. The molecule has 29 heavy (non-hydrogen) atoms. The second-order valence-corrected chi connectivity index (χ2v) is 8.94. The topological polar surface area (TPSA) is 77.4 Å². The number of hydrogen-bond donors (Lipinski definition) is 0. The maximum atomic E-state index is 15.2. The molecular formula is C20H25FN2O5S. The van der Waals surface area contributed by atoms with Gasteiger partial charge in [-0.2, -0.15) is 0 Å². The lowest BCUT2D eigenvalue weighted by Gasteiger charge is -2.37. The number of nitrogens with zero attached hydrogens (tertiary/aromatic N) is 2. The van der Waals surface area contributed by atoms with Crippen molar-refractivity contribution < 1.29 is 28.2 Å². The van der Waals surface area contributed by atoms with Crippen molar-refractivity contribution in [2.45, 2.75) is 62.8 Å². The minimum atomic E-state index is -1.55. The van der Waals surface area contributed by atoms with Gasteiger partial charge in [-0.15, -0.1) is 0 Å². The maximum Gasteiger partial charge on any atom is 0.416 e. The summed E-state index contributed by atoms with van der Waals surface area (Å²) in [5.74, 6) is 0. The highest BCUT2D eigenvalue weighted by atomic mass is 32.2. The van der Waals surface area contributed by atoms with E-state index in [2.05, 4.69) is 4.99 Å². The molecule has 0 unspecified atom stereocenters. The number of carbonyl (C=O) groups excluding carboxylic acids is 2. The molecule has 0 bridgehead atoms. The Morgan fingerprint density at radius 1 is 1.34 bits per heavy atom. The number of hydrogen-bond acceptors (Lipinski definition) is 7. The summed E-state index contributed by atoms with van der Waals surface area (Å²) in [6.45, 7) is 5.42. The number of halogens is 1. The van der Waals surface area contributed by atoms with Crippen LogP contribution >= 0.6 is 11.8 Å². The minimum Gasteiger partial charge on any atom is -0.443 e. The second kappa shape index (κ2) is 8.81. The summed E-state index contributed by atoms with van der Waals surface area (Å²) in [4.78, 5) is 29.3. The molecule has 1 aromatic carbocycles. The second-order valence-electron chi connectivity index (χ2n) is 7.87. The third kappa shape index (κ3) is 5.15. The first-order chi connectivity index (χ1) is 13.7. The Bertz CT molecular complexity index is 770. The molecule has 0 radical (unpaired) electrons. The Hall–Kier alpha value is -1.97. The van der Waals surface area contributed by atoms with Gasteiger partial charge < -0.3 is 19.0 Å². The zero-order valence-corrected chi connectivity index (χ0v) is 17.6. The van der Waals surface area contributed by atoms with E-state index in [0.717, 1.165) is 17.3 Å². The number of aldehydes is 1. The molecule has 1 saturated heterocycles. The van der Waals surface area contributed by atoms with Gasteiger partial charge in [-0.25, -0.2) is 9.18 Å². The normalized spacial score (nSPS) is 29.0. The minimum absolute atomic E-state index is 0.151. The van der Waals surface area contributed by atoms with Gasteiger partial charge in [0.15, 0.2) is 17.6 Å². The molecule has 0 spiro atoms. The largest absolute Gasteiger partial charge is 0.443 e. The number of rotatable bonds is 4. The fourth-order valence-corrected chi connectivity index (χ4v) is 4.12. The van der Waals surface area contributed by atoms with Gasteiger partial charge in [0.25, 0.3) is 0 Å². The summed E-state index contributed by atoms with van der Waals surface area (Å²) in [7, 11) is 1.51. The van der Waals surface area contributed by atoms with Crippen LogP contribution in [0.2, 0.25) is 0 Å². The van der Waals surface area contributed by atoms with Gasteiger partial charge in [-0.1, -0.05) is 42.1 Å². The van der Waals surface area contributed by atoms with Crippen molar-refractivity contribution in [1.29, 1.82) is 0 Å². The van der Waals surface area contributed by atoms with Crippen LogP contribution in [0.4, 0.5) is 9.18 Å². The van der Waals surface area contributed by atoms with Crippen LogP contribution in [0.1, 0.15) is 26.3 Å². The van der Waals surface area contributed by atoms with Crippen LogP contribution in [0.5, 0.6) is 0 Å². The van der Waals surface area contributed by atoms with E-state index in [1.54, 1.807) is 20.8 Å². The van der Waals surface area contributed by atoms with E-state index in [-0.39, 0.29) is 11.8 Å². The van der Waals surface area contributed by atoms with E-state index in [4.69, 9.17) is 14.2 Å². The fraction of sp³-hybridized carbons (Fsp3) is 0.550. The van der Waals surface area contributed by atoms with Crippen molar-refractivity contribution in [3.05, 3.63) is 35.9 Å². The van der Waals surface area contributed by atoms with Crippen molar-refractivity contribution in [3.63, 3.8) is 0 Å². The highest BCUT2D eigenvalue weighted by molar-refractivity contribution is 8.14. The first kappa shape index (κ1) is 21.7. The monoisotopic (exact) mass is 424 g/mol. The third-order valence-electron chi connectivity index (χ3n) is 4.39. The number of benzene rings is 1. The molecule has 5 atom stereocenters. The average molecular weight is 424 g/mol. The van der Waals surface area contributed by atoms with Crippen molar-refractivity contribution in [1.82, 2.24) is 4.90 Å². The number of amidine groups is 1. The van der Waals surface area contributed by atoms with Crippen molar-refractivity contribution >= 4 is 29.3 Å². The van der Waals surface area contributed by atoms with Crippen LogP contribution in [0, 0.1) is 0 Å². The van der Waals surface area contributed by atoms with E-state index < -0.39 is 41.6 Å². The van der Waals surface area contributed by atoms with Crippen molar-refractivity contribution in [2.24, 2.45) is 4.99 Å². The van der Waals surface area contributed by atoms with E-state index in [0.29, 0.717) is 6.29 Å². The molecule has 1 aromatic rings. The summed E-state index contributed by atoms with van der Waals surface area (Å²) in [6.07, 6.45) is -3.73. The summed E-state index contributed by atoms with van der Waals surface area (Å²) < 4.78 is 32.0. The highest BCUT2D eigenvalue weighted by Crippen LogP contribution is 2.39. The van der Waals surface area contributed by atoms with E-state index in [9.17, 15) is 9.59 Å². The Morgan fingerprint density at radius 2 is 2.03 bits per heavy atom. The number of thioether (sulfide) groups is 1. The van der Waals surface area contributed by atoms with Gasteiger partial charge in [0, 0.05) is 7.05 Å². The molecule has 0 aromatic heterocycles. The third-order valence-corrected chi connectivity index (χ3v) is 5.60. The van der Waals surface area contributed by atoms with Gasteiger partial charge in [0.2, 0.25) is 0 Å². The Kier molecular flexibility index (Phi) is 6.60. The lowest BCUT2D eigenvalue weighted by atomic mass is 10.00. The first-order valence-corrected chi connectivity index (χ1v) is 10.2. The predicted molar refractivity (Wildman–Crippen MR) is 107 cm³/mol. The van der Waals surface area contributed by atoms with E-state index >= 15 is 4.39 Å².